The van der Waals surface area contributed by atoms with E-state index in [-0.39, 0.29) is 12.3 Å². The van der Waals surface area contributed by atoms with Crippen LogP contribution < -0.4 is 10.1 Å². The van der Waals surface area contributed by atoms with Crippen LogP contribution in [-0.2, 0) is 17.8 Å². The van der Waals surface area contributed by atoms with Gasteiger partial charge in [-0.3, -0.25) is 4.79 Å². The molecule has 0 saturated carbocycles. The molecular weight excluding hydrogens is 358 g/mol. The van der Waals surface area contributed by atoms with E-state index in [1.165, 1.54) is 11.3 Å². The van der Waals surface area contributed by atoms with E-state index in [1.54, 1.807) is 19.4 Å². The Bertz CT molecular complexity index is 882. The van der Waals surface area contributed by atoms with Crippen molar-refractivity contribution in [3.8, 4) is 16.5 Å². The van der Waals surface area contributed by atoms with E-state index in [4.69, 9.17) is 16.3 Å². The molecule has 7 heteroatoms. The number of carbonyl (C=O) groups excluding carboxylic acids is 1. The smallest absolute Gasteiger partial charge is 0.226 e. The molecule has 2 heterocycles. The first-order valence-electron chi connectivity index (χ1n) is 7.61. The molecule has 0 bridgehead atoms. The van der Waals surface area contributed by atoms with Crippen LogP contribution in [0.5, 0.6) is 5.88 Å². The lowest BCUT2D eigenvalue weighted by Gasteiger charge is -2.07. The number of nitrogens with one attached hydrogen (secondary N) is 1. The molecule has 0 aliphatic carbocycles. The van der Waals surface area contributed by atoms with Gasteiger partial charge in [0, 0.05) is 29.2 Å². The average Bonchev–Trinajstić information content (AvgIpc) is 3.08. The zero-order chi connectivity index (χ0) is 17.6. The van der Waals surface area contributed by atoms with Crippen LogP contribution in [0, 0.1) is 0 Å². The molecule has 3 aromatic rings. The van der Waals surface area contributed by atoms with E-state index in [1.807, 2.05) is 35.7 Å². The average molecular weight is 374 g/mol. The molecule has 0 spiro atoms. The van der Waals surface area contributed by atoms with Crippen molar-refractivity contribution in [1.29, 1.82) is 0 Å². The van der Waals surface area contributed by atoms with Gasteiger partial charge in [-0.05, 0) is 12.1 Å². The topological polar surface area (TPSA) is 64.1 Å². The molecule has 1 N–H and O–H groups in total. The number of halogens is 1. The Morgan fingerprint density at radius 2 is 2.12 bits per heavy atom. The van der Waals surface area contributed by atoms with Crippen molar-refractivity contribution in [3.63, 3.8) is 0 Å². The van der Waals surface area contributed by atoms with Gasteiger partial charge in [0.2, 0.25) is 11.8 Å². The lowest BCUT2D eigenvalue weighted by Crippen LogP contribution is -2.25. The second kappa shape index (κ2) is 8.09. The molecule has 25 heavy (non-hydrogen) atoms. The summed E-state index contributed by atoms with van der Waals surface area (Å²) < 4.78 is 5.17. The van der Waals surface area contributed by atoms with Crippen LogP contribution in [-0.4, -0.2) is 23.0 Å². The predicted molar refractivity (Wildman–Crippen MR) is 98.9 cm³/mol. The Balaban J connectivity index is 1.61. The normalized spacial score (nSPS) is 10.5. The van der Waals surface area contributed by atoms with Crippen LogP contribution in [0.15, 0.2) is 48.0 Å². The summed E-state index contributed by atoms with van der Waals surface area (Å²) in [5.74, 6) is 0.402. The van der Waals surface area contributed by atoms with Crippen molar-refractivity contribution in [2.45, 2.75) is 13.0 Å². The molecule has 0 unspecified atom stereocenters. The van der Waals surface area contributed by atoms with Crippen LogP contribution in [0.2, 0.25) is 5.02 Å². The van der Waals surface area contributed by atoms with Gasteiger partial charge in [0.15, 0.2) is 0 Å². The fourth-order valence-electron chi connectivity index (χ4n) is 2.31. The van der Waals surface area contributed by atoms with Gasteiger partial charge in [0.25, 0.3) is 0 Å². The monoisotopic (exact) mass is 373 g/mol. The Labute approximate surface area is 154 Å². The predicted octanol–water partition coefficient (Wildman–Crippen LogP) is 3.73. The number of amides is 1. The lowest BCUT2D eigenvalue weighted by molar-refractivity contribution is -0.120. The standard InChI is InChI=1S/C18H16ClN3O2S/c1-24-17-12(5-4-8-20-17)10-21-16(23)9-13-11-25-18(22-13)14-6-2-3-7-15(14)19/h2-8,11H,9-10H2,1H3,(H,21,23). The zero-order valence-corrected chi connectivity index (χ0v) is 15.1. The summed E-state index contributed by atoms with van der Waals surface area (Å²) in [6, 6.07) is 11.2. The van der Waals surface area contributed by atoms with Crippen molar-refractivity contribution < 1.29 is 9.53 Å². The third kappa shape index (κ3) is 4.35. The van der Waals surface area contributed by atoms with Gasteiger partial charge < -0.3 is 10.1 Å². The molecule has 5 nitrogen and oxygen atoms in total. The Morgan fingerprint density at radius 1 is 1.28 bits per heavy atom. The maximum Gasteiger partial charge on any atom is 0.226 e. The van der Waals surface area contributed by atoms with Gasteiger partial charge in [-0.15, -0.1) is 11.3 Å². The number of hydrogen-bond acceptors (Lipinski definition) is 5. The molecular formula is C18H16ClN3O2S. The molecule has 0 radical (unpaired) electrons. The summed E-state index contributed by atoms with van der Waals surface area (Å²) in [6.45, 7) is 0.358. The van der Waals surface area contributed by atoms with E-state index in [0.717, 1.165) is 21.8 Å². The van der Waals surface area contributed by atoms with Crippen LogP contribution in [0.4, 0.5) is 0 Å². The highest BCUT2D eigenvalue weighted by molar-refractivity contribution is 7.13. The molecule has 0 aliphatic rings. The molecule has 1 amide bonds. The fraction of sp³-hybridized carbons (Fsp3) is 0.167. The quantitative estimate of drug-likeness (QED) is 0.715. The first-order valence-corrected chi connectivity index (χ1v) is 8.87. The molecule has 1 aromatic carbocycles. The van der Waals surface area contributed by atoms with Gasteiger partial charge in [-0.25, -0.2) is 9.97 Å². The van der Waals surface area contributed by atoms with Gasteiger partial charge in [0.1, 0.15) is 5.01 Å². The SMILES string of the molecule is COc1ncccc1CNC(=O)Cc1csc(-c2ccccc2Cl)n1. The first kappa shape index (κ1) is 17.4. The number of hydrogen-bond donors (Lipinski definition) is 1. The van der Waals surface area contributed by atoms with Crippen molar-refractivity contribution in [2.24, 2.45) is 0 Å². The van der Waals surface area contributed by atoms with Gasteiger partial charge in [-0.2, -0.15) is 0 Å². The third-order valence-corrected chi connectivity index (χ3v) is 4.77. The number of thiazole rings is 1. The minimum absolute atomic E-state index is 0.109. The van der Waals surface area contributed by atoms with Crippen LogP contribution in [0.25, 0.3) is 10.6 Å². The van der Waals surface area contributed by atoms with E-state index in [9.17, 15) is 4.79 Å². The first-order chi connectivity index (χ1) is 12.2. The van der Waals surface area contributed by atoms with Gasteiger partial charge in [-0.1, -0.05) is 35.9 Å². The highest BCUT2D eigenvalue weighted by Gasteiger charge is 2.12. The van der Waals surface area contributed by atoms with Gasteiger partial charge >= 0.3 is 0 Å². The second-order valence-electron chi connectivity index (χ2n) is 5.25. The van der Waals surface area contributed by atoms with Crippen LogP contribution in [0.1, 0.15) is 11.3 Å². The lowest BCUT2D eigenvalue weighted by atomic mass is 10.2. The van der Waals surface area contributed by atoms with Crippen molar-refractivity contribution in [2.75, 3.05) is 7.11 Å². The summed E-state index contributed by atoms with van der Waals surface area (Å²) in [7, 11) is 1.55. The van der Waals surface area contributed by atoms with Crippen LogP contribution >= 0.6 is 22.9 Å². The number of aromatic nitrogens is 2. The molecule has 0 atom stereocenters. The number of pyridine rings is 1. The molecule has 2 aromatic heterocycles. The van der Waals surface area contributed by atoms with Crippen LogP contribution in [0.3, 0.4) is 0 Å². The molecule has 3 rings (SSSR count). The van der Waals surface area contributed by atoms with Crippen molar-refractivity contribution >= 4 is 28.8 Å². The number of methoxy groups -OCH3 is 1. The summed E-state index contributed by atoms with van der Waals surface area (Å²) in [6.07, 6.45) is 1.86. The molecule has 0 aliphatic heterocycles. The Morgan fingerprint density at radius 3 is 2.92 bits per heavy atom. The highest BCUT2D eigenvalue weighted by atomic mass is 35.5. The van der Waals surface area contributed by atoms with Crippen molar-refractivity contribution in [1.82, 2.24) is 15.3 Å². The minimum Gasteiger partial charge on any atom is -0.481 e. The van der Waals surface area contributed by atoms with Crippen molar-refractivity contribution in [3.05, 3.63) is 64.3 Å². The van der Waals surface area contributed by atoms with E-state index >= 15 is 0 Å². The Kier molecular flexibility index (Phi) is 5.63. The maximum absolute atomic E-state index is 12.2. The molecule has 0 saturated heterocycles. The summed E-state index contributed by atoms with van der Waals surface area (Å²) in [5, 5.41) is 6.20. The largest absolute Gasteiger partial charge is 0.481 e. The van der Waals surface area contributed by atoms with Gasteiger partial charge in [0.05, 0.1) is 24.2 Å². The maximum atomic E-state index is 12.2. The molecule has 128 valence electrons. The number of carbonyl (C=O) groups is 1. The fourth-order valence-corrected chi connectivity index (χ4v) is 3.45. The summed E-state index contributed by atoms with van der Waals surface area (Å²) >= 11 is 7.66. The number of rotatable bonds is 6. The second-order valence-corrected chi connectivity index (χ2v) is 6.51. The summed E-state index contributed by atoms with van der Waals surface area (Å²) in [5.41, 5.74) is 2.42. The highest BCUT2D eigenvalue weighted by Crippen LogP contribution is 2.30. The molecule has 0 fully saturated rings. The third-order valence-electron chi connectivity index (χ3n) is 3.52. The number of benzene rings is 1. The summed E-state index contributed by atoms with van der Waals surface area (Å²) in [4.78, 5) is 20.8. The minimum atomic E-state index is -0.109. The van der Waals surface area contributed by atoms with E-state index < -0.39 is 0 Å². The Hall–Kier alpha value is -2.44. The van der Waals surface area contributed by atoms with E-state index in [2.05, 4.69) is 15.3 Å². The zero-order valence-electron chi connectivity index (χ0n) is 13.5. The number of nitrogens with zero attached hydrogens (tertiary/aromatic N) is 2. The van der Waals surface area contributed by atoms with E-state index in [0.29, 0.717) is 17.4 Å². The number of ether oxygens (including phenoxy) is 1.